The number of nitrogens with one attached hydrogen (secondary N) is 1. The highest BCUT2D eigenvalue weighted by Crippen LogP contribution is 2.24. The molecule has 0 aromatic heterocycles. The number of hydrogen-bond acceptors (Lipinski definition) is 2. The first-order chi connectivity index (χ1) is 7.95. The number of nitrogens with two attached hydrogens (primary N) is 1. The van der Waals surface area contributed by atoms with E-state index < -0.39 is 17.8 Å². The lowest BCUT2D eigenvalue weighted by molar-refractivity contribution is -0.120. The van der Waals surface area contributed by atoms with Gasteiger partial charge in [-0.05, 0) is 31.0 Å². The minimum absolute atomic E-state index is 0.119. The average molecular weight is 259 g/mol. The second-order valence-electron chi connectivity index (χ2n) is 3.98. The van der Waals surface area contributed by atoms with Gasteiger partial charge in [0.15, 0.2) is 0 Å². The van der Waals surface area contributed by atoms with Gasteiger partial charge in [0.05, 0.1) is 0 Å². The zero-order valence-electron chi connectivity index (χ0n) is 9.84. The molecule has 17 heavy (non-hydrogen) atoms. The number of halogens is 2. The van der Waals surface area contributed by atoms with Crippen LogP contribution in [-0.4, -0.2) is 11.9 Å². The number of primary amides is 1. The van der Waals surface area contributed by atoms with E-state index in [1.165, 1.54) is 18.2 Å². The van der Waals surface area contributed by atoms with Crippen LogP contribution < -0.4 is 11.1 Å². The number of benzene rings is 1. The first kappa shape index (κ1) is 13.9. The van der Waals surface area contributed by atoms with E-state index in [4.69, 9.17) is 17.3 Å². The Morgan fingerprint density at radius 3 is 2.71 bits per heavy atom. The van der Waals surface area contributed by atoms with Crippen molar-refractivity contribution in [2.75, 3.05) is 0 Å². The molecule has 3 nitrogen and oxygen atoms in total. The van der Waals surface area contributed by atoms with Gasteiger partial charge in [0.1, 0.15) is 11.9 Å². The molecule has 0 spiro atoms. The van der Waals surface area contributed by atoms with Crippen molar-refractivity contribution in [3.05, 3.63) is 34.6 Å². The summed E-state index contributed by atoms with van der Waals surface area (Å²) in [5.41, 5.74) is 5.83. The fraction of sp³-hybridized carbons (Fsp3) is 0.417. The van der Waals surface area contributed by atoms with E-state index in [1.54, 1.807) is 0 Å². The van der Waals surface area contributed by atoms with Gasteiger partial charge in [-0.25, -0.2) is 4.39 Å². The molecule has 0 fully saturated rings. The molecule has 0 radical (unpaired) electrons. The zero-order valence-corrected chi connectivity index (χ0v) is 10.6. The van der Waals surface area contributed by atoms with Crippen LogP contribution in [0.4, 0.5) is 4.39 Å². The van der Waals surface area contributed by atoms with E-state index in [0.717, 1.165) is 6.42 Å². The van der Waals surface area contributed by atoms with Crippen molar-refractivity contribution in [2.24, 2.45) is 5.73 Å². The Morgan fingerprint density at radius 1 is 1.59 bits per heavy atom. The van der Waals surface area contributed by atoms with Gasteiger partial charge in [0.2, 0.25) is 5.91 Å². The quantitative estimate of drug-likeness (QED) is 0.852. The van der Waals surface area contributed by atoms with Crippen LogP contribution in [0.1, 0.15) is 31.9 Å². The minimum atomic E-state index is -0.696. The SMILES string of the molecule is CCC(C)NC(C(N)=O)c1ccc(F)cc1Cl. The number of hydrogen-bond donors (Lipinski definition) is 2. The third-order valence-corrected chi connectivity index (χ3v) is 2.95. The highest BCUT2D eigenvalue weighted by atomic mass is 35.5. The zero-order chi connectivity index (χ0) is 13.0. The van der Waals surface area contributed by atoms with Crippen LogP contribution in [0.25, 0.3) is 0 Å². The van der Waals surface area contributed by atoms with E-state index in [1.807, 2.05) is 13.8 Å². The summed E-state index contributed by atoms with van der Waals surface area (Å²) in [4.78, 5) is 11.4. The molecule has 0 saturated carbocycles. The predicted molar refractivity (Wildman–Crippen MR) is 66.2 cm³/mol. The molecule has 0 bridgehead atoms. The summed E-state index contributed by atoms with van der Waals surface area (Å²) in [6, 6.07) is 3.33. The maximum absolute atomic E-state index is 12.9. The highest BCUT2D eigenvalue weighted by molar-refractivity contribution is 6.31. The molecule has 0 saturated heterocycles. The van der Waals surface area contributed by atoms with Gasteiger partial charge in [-0.3, -0.25) is 10.1 Å². The minimum Gasteiger partial charge on any atom is -0.368 e. The molecule has 1 amide bonds. The van der Waals surface area contributed by atoms with Gasteiger partial charge in [0, 0.05) is 11.1 Å². The van der Waals surface area contributed by atoms with Crippen LogP contribution in [0.15, 0.2) is 18.2 Å². The van der Waals surface area contributed by atoms with E-state index in [0.29, 0.717) is 5.56 Å². The second-order valence-corrected chi connectivity index (χ2v) is 4.38. The lowest BCUT2D eigenvalue weighted by Crippen LogP contribution is -2.38. The number of amides is 1. The third kappa shape index (κ3) is 3.68. The molecule has 5 heteroatoms. The molecular weight excluding hydrogens is 243 g/mol. The van der Waals surface area contributed by atoms with Crippen molar-refractivity contribution in [3.8, 4) is 0 Å². The third-order valence-electron chi connectivity index (χ3n) is 2.62. The first-order valence-corrected chi connectivity index (χ1v) is 5.83. The standard InChI is InChI=1S/C12H16ClFN2O/c1-3-7(2)16-11(12(15)17)9-5-4-8(14)6-10(9)13/h4-7,11,16H,3H2,1-2H3,(H2,15,17). The normalized spacial score (nSPS) is 14.4. The Hall–Kier alpha value is -1.13. The van der Waals surface area contributed by atoms with E-state index in [-0.39, 0.29) is 11.1 Å². The lowest BCUT2D eigenvalue weighted by Gasteiger charge is -2.21. The van der Waals surface area contributed by atoms with E-state index in [9.17, 15) is 9.18 Å². The Kier molecular flexibility index (Phi) is 4.90. The van der Waals surface area contributed by atoms with Crippen molar-refractivity contribution < 1.29 is 9.18 Å². The molecule has 3 N–H and O–H groups in total. The molecule has 94 valence electrons. The summed E-state index contributed by atoms with van der Waals surface area (Å²) in [5.74, 6) is -0.968. The fourth-order valence-electron chi connectivity index (χ4n) is 1.46. The molecule has 1 aromatic rings. The molecule has 0 aliphatic carbocycles. The van der Waals surface area contributed by atoms with Crippen molar-refractivity contribution in [1.29, 1.82) is 0 Å². The molecule has 1 rings (SSSR count). The summed E-state index contributed by atoms with van der Waals surface area (Å²) in [6.07, 6.45) is 0.850. The van der Waals surface area contributed by atoms with Crippen LogP contribution in [0.2, 0.25) is 5.02 Å². The largest absolute Gasteiger partial charge is 0.368 e. The molecular formula is C12H16ClFN2O. The van der Waals surface area contributed by atoms with Crippen molar-refractivity contribution in [2.45, 2.75) is 32.4 Å². The topological polar surface area (TPSA) is 55.1 Å². The number of carbonyl (C=O) groups excluding carboxylic acids is 1. The van der Waals surface area contributed by atoms with Crippen molar-refractivity contribution >= 4 is 17.5 Å². The van der Waals surface area contributed by atoms with Crippen LogP contribution in [-0.2, 0) is 4.79 Å². The predicted octanol–water partition coefficient (Wildman–Crippen LogP) is 2.39. The van der Waals surface area contributed by atoms with Gasteiger partial charge in [0.25, 0.3) is 0 Å². The maximum Gasteiger partial charge on any atom is 0.239 e. The van der Waals surface area contributed by atoms with Gasteiger partial charge in [-0.15, -0.1) is 0 Å². The van der Waals surface area contributed by atoms with Crippen LogP contribution in [0.3, 0.4) is 0 Å². The second kappa shape index (κ2) is 5.98. The van der Waals surface area contributed by atoms with Gasteiger partial charge in [-0.2, -0.15) is 0 Å². The van der Waals surface area contributed by atoms with E-state index >= 15 is 0 Å². The summed E-state index contributed by atoms with van der Waals surface area (Å²) >= 11 is 5.91. The highest BCUT2D eigenvalue weighted by Gasteiger charge is 2.21. The molecule has 2 unspecified atom stereocenters. The molecule has 0 aliphatic heterocycles. The first-order valence-electron chi connectivity index (χ1n) is 5.46. The summed E-state index contributed by atoms with van der Waals surface area (Å²) < 4.78 is 12.9. The maximum atomic E-state index is 12.9. The van der Waals surface area contributed by atoms with Crippen LogP contribution >= 0.6 is 11.6 Å². The van der Waals surface area contributed by atoms with E-state index in [2.05, 4.69) is 5.32 Å². The molecule has 0 heterocycles. The molecule has 0 aliphatic rings. The summed E-state index contributed by atoms with van der Waals surface area (Å²) in [7, 11) is 0. The number of carbonyl (C=O) groups is 1. The molecule has 1 aromatic carbocycles. The van der Waals surface area contributed by atoms with Crippen molar-refractivity contribution in [1.82, 2.24) is 5.32 Å². The monoisotopic (exact) mass is 258 g/mol. The smallest absolute Gasteiger partial charge is 0.239 e. The average Bonchev–Trinajstić information content (AvgIpc) is 2.26. The van der Waals surface area contributed by atoms with Gasteiger partial charge < -0.3 is 5.73 Å². The Balaban J connectivity index is 3.01. The summed E-state index contributed by atoms with van der Waals surface area (Å²) in [5, 5.41) is 3.26. The van der Waals surface area contributed by atoms with Crippen molar-refractivity contribution in [3.63, 3.8) is 0 Å². The summed E-state index contributed by atoms with van der Waals surface area (Å²) in [6.45, 7) is 3.93. The number of rotatable bonds is 5. The Bertz CT molecular complexity index is 411. The Morgan fingerprint density at radius 2 is 2.24 bits per heavy atom. The lowest BCUT2D eigenvalue weighted by atomic mass is 10.0. The Labute approximate surface area is 105 Å². The van der Waals surface area contributed by atoms with Crippen LogP contribution in [0.5, 0.6) is 0 Å². The van der Waals surface area contributed by atoms with Crippen LogP contribution in [0, 0.1) is 5.82 Å². The molecule has 2 atom stereocenters. The van der Waals surface area contributed by atoms with Gasteiger partial charge in [-0.1, -0.05) is 24.6 Å². The van der Waals surface area contributed by atoms with Gasteiger partial charge >= 0.3 is 0 Å². The fourth-order valence-corrected chi connectivity index (χ4v) is 1.74.